The lowest BCUT2D eigenvalue weighted by Gasteiger charge is -2.04. The first-order valence-electron chi connectivity index (χ1n) is 3.67. The molecule has 4 nitrogen and oxygen atoms in total. The van der Waals surface area contributed by atoms with Gasteiger partial charge in [0.15, 0.2) is 0 Å². The van der Waals surface area contributed by atoms with Gasteiger partial charge in [-0.25, -0.2) is 0 Å². The molecule has 0 aliphatic rings. The van der Waals surface area contributed by atoms with Crippen LogP contribution in [0.1, 0.15) is 5.56 Å². The van der Waals surface area contributed by atoms with E-state index in [9.17, 15) is 10.1 Å². The molecule has 0 atom stereocenters. The molecule has 0 fully saturated rings. The zero-order chi connectivity index (χ0) is 10.7. The highest BCUT2D eigenvalue weighted by atomic mass is 35.5. The topological polar surface area (TPSA) is 52.4 Å². The predicted octanol–water partition coefficient (Wildman–Crippen LogP) is 3.00. The Morgan fingerprint density at radius 1 is 1.57 bits per heavy atom. The van der Waals surface area contributed by atoms with Crippen LogP contribution >= 0.6 is 23.2 Å². The minimum absolute atomic E-state index is 0.0609. The van der Waals surface area contributed by atoms with Crippen LogP contribution in [-0.2, 0) is 5.88 Å². The lowest BCUT2D eigenvalue weighted by atomic mass is 10.2. The van der Waals surface area contributed by atoms with Gasteiger partial charge in [-0.3, -0.25) is 10.1 Å². The van der Waals surface area contributed by atoms with Gasteiger partial charge in [0, 0.05) is 5.88 Å². The number of hydrogen-bond donors (Lipinski definition) is 0. The lowest BCUT2D eigenvalue weighted by Crippen LogP contribution is -1.94. The van der Waals surface area contributed by atoms with Crippen molar-refractivity contribution in [2.45, 2.75) is 5.88 Å². The number of methoxy groups -OCH3 is 1. The second-order valence-electron chi connectivity index (χ2n) is 2.51. The number of nitrogens with zero attached hydrogens (tertiary/aromatic N) is 1. The molecule has 0 saturated carbocycles. The number of benzene rings is 1. The summed E-state index contributed by atoms with van der Waals surface area (Å²) in [5.41, 5.74) is 0.293. The summed E-state index contributed by atoms with van der Waals surface area (Å²) in [6.07, 6.45) is 0. The second-order valence-corrected chi connectivity index (χ2v) is 3.16. The summed E-state index contributed by atoms with van der Waals surface area (Å²) < 4.78 is 4.88. The number of hydrogen-bond acceptors (Lipinski definition) is 3. The molecule has 1 rings (SSSR count). The van der Waals surface area contributed by atoms with E-state index < -0.39 is 4.92 Å². The average Bonchev–Trinajstić information content (AvgIpc) is 2.17. The van der Waals surface area contributed by atoms with Crippen molar-refractivity contribution in [3.8, 4) is 5.75 Å². The summed E-state index contributed by atoms with van der Waals surface area (Å²) >= 11 is 11.3. The summed E-state index contributed by atoms with van der Waals surface area (Å²) in [5.74, 6) is 0.480. The third-order valence-corrected chi connectivity index (χ3v) is 2.40. The molecule has 0 aliphatic carbocycles. The maximum atomic E-state index is 10.6. The van der Waals surface area contributed by atoms with Crippen LogP contribution in [0.3, 0.4) is 0 Å². The van der Waals surface area contributed by atoms with E-state index in [0.29, 0.717) is 11.3 Å². The molecular weight excluding hydrogens is 229 g/mol. The van der Waals surface area contributed by atoms with Crippen LogP contribution in [0.5, 0.6) is 5.75 Å². The van der Waals surface area contributed by atoms with Crippen LogP contribution in [0.4, 0.5) is 5.69 Å². The number of ether oxygens (including phenoxy) is 1. The van der Waals surface area contributed by atoms with Gasteiger partial charge >= 0.3 is 0 Å². The van der Waals surface area contributed by atoms with E-state index in [1.807, 2.05) is 0 Å². The fraction of sp³-hybridized carbons (Fsp3) is 0.250. The van der Waals surface area contributed by atoms with Crippen molar-refractivity contribution in [3.63, 3.8) is 0 Å². The fourth-order valence-electron chi connectivity index (χ4n) is 0.987. The molecule has 76 valence electrons. The SMILES string of the molecule is COc1cc(CCl)c(Cl)c([N+](=O)[O-])c1. The first kappa shape index (κ1) is 11.1. The van der Waals surface area contributed by atoms with Crippen LogP contribution in [0.25, 0.3) is 0 Å². The fourth-order valence-corrected chi connectivity index (χ4v) is 1.51. The molecule has 0 bridgehead atoms. The quantitative estimate of drug-likeness (QED) is 0.460. The Labute approximate surface area is 90.5 Å². The molecule has 0 amide bonds. The highest BCUT2D eigenvalue weighted by molar-refractivity contribution is 6.34. The zero-order valence-corrected chi connectivity index (χ0v) is 8.80. The highest BCUT2D eigenvalue weighted by Gasteiger charge is 2.17. The van der Waals surface area contributed by atoms with E-state index in [-0.39, 0.29) is 16.6 Å². The van der Waals surface area contributed by atoms with Crippen molar-refractivity contribution in [1.29, 1.82) is 0 Å². The molecule has 14 heavy (non-hydrogen) atoms. The van der Waals surface area contributed by atoms with Crippen molar-refractivity contribution in [1.82, 2.24) is 0 Å². The van der Waals surface area contributed by atoms with E-state index in [2.05, 4.69) is 0 Å². The number of halogens is 2. The van der Waals surface area contributed by atoms with Crippen molar-refractivity contribution in [2.75, 3.05) is 7.11 Å². The molecule has 0 heterocycles. The van der Waals surface area contributed by atoms with Gasteiger partial charge < -0.3 is 4.74 Å². The third-order valence-electron chi connectivity index (χ3n) is 1.68. The van der Waals surface area contributed by atoms with Crippen LogP contribution in [0, 0.1) is 10.1 Å². The molecular formula is C8H7Cl2NO3. The predicted molar refractivity (Wildman–Crippen MR) is 54.2 cm³/mol. The van der Waals surface area contributed by atoms with Gasteiger partial charge in [0.05, 0.1) is 18.1 Å². The van der Waals surface area contributed by atoms with Gasteiger partial charge in [0.2, 0.25) is 0 Å². The molecule has 6 heteroatoms. The minimum atomic E-state index is -0.569. The minimum Gasteiger partial charge on any atom is -0.496 e. The zero-order valence-electron chi connectivity index (χ0n) is 7.29. The van der Waals surface area contributed by atoms with Gasteiger partial charge in [0.1, 0.15) is 10.8 Å². The standard InChI is InChI=1S/C8H7Cl2NO3/c1-14-6-2-5(4-9)8(10)7(3-6)11(12)13/h2-3H,4H2,1H3. The van der Waals surface area contributed by atoms with Crippen LogP contribution in [-0.4, -0.2) is 12.0 Å². The van der Waals surface area contributed by atoms with E-state index in [1.165, 1.54) is 13.2 Å². The number of nitro groups is 1. The lowest BCUT2D eigenvalue weighted by molar-refractivity contribution is -0.384. The summed E-state index contributed by atoms with van der Waals surface area (Å²) in [6.45, 7) is 0. The Bertz CT molecular complexity index is 368. The number of alkyl halides is 1. The number of rotatable bonds is 3. The molecule has 0 saturated heterocycles. The Morgan fingerprint density at radius 3 is 2.64 bits per heavy atom. The summed E-state index contributed by atoms with van der Waals surface area (Å²) in [7, 11) is 1.42. The monoisotopic (exact) mass is 235 g/mol. The van der Waals surface area contributed by atoms with Crippen LogP contribution in [0.15, 0.2) is 12.1 Å². The van der Waals surface area contributed by atoms with E-state index in [4.69, 9.17) is 27.9 Å². The largest absolute Gasteiger partial charge is 0.496 e. The second kappa shape index (κ2) is 4.48. The summed E-state index contributed by atoms with van der Waals surface area (Å²) in [6, 6.07) is 2.83. The number of nitro benzene ring substituents is 1. The summed E-state index contributed by atoms with van der Waals surface area (Å²) in [4.78, 5) is 10.0. The first-order chi connectivity index (χ1) is 6.60. The molecule has 0 aliphatic heterocycles. The van der Waals surface area contributed by atoms with E-state index >= 15 is 0 Å². The molecule has 1 aromatic rings. The van der Waals surface area contributed by atoms with Crippen molar-refractivity contribution in [2.24, 2.45) is 0 Å². The molecule has 1 aromatic carbocycles. The van der Waals surface area contributed by atoms with Gasteiger partial charge in [0.25, 0.3) is 5.69 Å². The maximum absolute atomic E-state index is 10.6. The van der Waals surface area contributed by atoms with E-state index in [0.717, 1.165) is 0 Å². The van der Waals surface area contributed by atoms with Gasteiger partial charge in [-0.15, -0.1) is 11.6 Å². The Morgan fingerprint density at radius 2 is 2.21 bits per heavy atom. The van der Waals surface area contributed by atoms with Gasteiger partial charge in [-0.2, -0.15) is 0 Å². The van der Waals surface area contributed by atoms with Crippen molar-refractivity contribution >= 4 is 28.9 Å². The average molecular weight is 236 g/mol. The van der Waals surface area contributed by atoms with Gasteiger partial charge in [-0.1, -0.05) is 11.6 Å². The molecule has 0 N–H and O–H groups in total. The van der Waals surface area contributed by atoms with Gasteiger partial charge in [-0.05, 0) is 11.6 Å². The molecule has 0 aromatic heterocycles. The molecule has 0 unspecified atom stereocenters. The Balaban J connectivity index is 3.34. The maximum Gasteiger partial charge on any atom is 0.291 e. The first-order valence-corrected chi connectivity index (χ1v) is 4.58. The van der Waals surface area contributed by atoms with Crippen molar-refractivity contribution in [3.05, 3.63) is 32.8 Å². The summed E-state index contributed by atoms with van der Waals surface area (Å²) in [5, 5.41) is 10.6. The van der Waals surface area contributed by atoms with E-state index in [1.54, 1.807) is 6.07 Å². The van der Waals surface area contributed by atoms with Crippen molar-refractivity contribution < 1.29 is 9.66 Å². The normalized spacial score (nSPS) is 9.93. The third kappa shape index (κ3) is 2.08. The Hall–Kier alpha value is -1.00. The van der Waals surface area contributed by atoms with Crippen LogP contribution in [0.2, 0.25) is 5.02 Å². The smallest absolute Gasteiger partial charge is 0.291 e. The molecule has 0 spiro atoms. The highest BCUT2D eigenvalue weighted by Crippen LogP contribution is 2.33. The Kier molecular flexibility index (Phi) is 3.55. The van der Waals surface area contributed by atoms with Crippen LogP contribution < -0.4 is 4.74 Å². The molecule has 0 radical (unpaired) electrons.